The lowest BCUT2D eigenvalue weighted by Gasteiger charge is -2.06. The Morgan fingerprint density at radius 1 is 1.37 bits per heavy atom. The Bertz CT molecular complexity index is 599. The fourth-order valence-corrected chi connectivity index (χ4v) is 2.79. The molecule has 0 bridgehead atoms. The van der Waals surface area contributed by atoms with Crippen molar-refractivity contribution in [2.75, 3.05) is 13.2 Å². The molecule has 1 aromatic carbocycles. The molecule has 1 saturated heterocycles. The highest BCUT2D eigenvalue weighted by molar-refractivity contribution is 9.10. The molecule has 5 nitrogen and oxygen atoms in total. The molecule has 6 heteroatoms. The van der Waals surface area contributed by atoms with Crippen LogP contribution < -0.4 is 5.73 Å². The second-order valence-corrected chi connectivity index (χ2v) is 5.60. The first-order chi connectivity index (χ1) is 9.15. The SMILES string of the molecule is Cc1ccc(-c2noc(C3COCC3N)n2)c(Br)c1. The number of aromatic nitrogens is 2. The van der Waals surface area contributed by atoms with Gasteiger partial charge in [0.15, 0.2) is 0 Å². The minimum Gasteiger partial charge on any atom is -0.379 e. The predicted molar refractivity (Wildman–Crippen MR) is 73.7 cm³/mol. The van der Waals surface area contributed by atoms with Crippen LogP contribution in [-0.4, -0.2) is 29.4 Å². The van der Waals surface area contributed by atoms with Crippen LogP contribution in [0.15, 0.2) is 27.2 Å². The van der Waals surface area contributed by atoms with Crippen LogP contribution in [0.1, 0.15) is 17.4 Å². The van der Waals surface area contributed by atoms with Gasteiger partial charge < -0.3 is 15.0 Å². The van der Waals surface area contributed by atoms with E-state index in [4.69, 9.17) is 15.0 Å². The summed E-state index contributed by atoms with van der Waals surface area (Å²) in [5.74, 6) is 1.11. The van der Waals surface area contributed by atoms with Gasteiger partial charge in [0.25, 0.3) is 0 Å². The molecule has 3 rings (SSSR count). The Balaban J connectivity index is 1.92. The number of hydrogen-bond donors (Lipinski definition) is 1. The third kappa shape index (κ3) is 2.43. The average Bonchev–Trinajstić information content (AvgIpc) is 2.97. The van der Waals surface area contributed by atoms with Gasteiger partial charge in [-0.3, -0.25) is 0 Å². The van der Waals surface area contributed by atoms with E-state index in [1.807, 2.05) is 25.1 Å². The summed E-state index contributed by atoms with van der Waals surface area (Å²) in [6, 6.07) is 5.94. The molecule has 2 heterocycles. The topological polar surface area (TPSA) is 74.2 Å². The van der Waals surface area contributed by atoms with Crippen molar-refractivity contribution in [3.63, 3.8) is 0 Å². The van der Waals surface area contributed by atoms with E-state index in [1.54, 1.807) is 0 Å². The van der Waals surface area contributed by atoms with Crippen LogP contribution in [-0.2, 0) is 4.74 Å². The average molecular weight is 324 g/mol. The third-order valence-corrected chi connectivity index (χ3v) is 3.91. The molecule has 1 aromatic heterocycles. The van der Waals surface area contributed by atoms with Crippen LogP contribution >= 0.6 is 15.9 Å². The summed E-state index contributed by atoms with van der Waals surface area (Å²) in [7, 11) is 0. The van der Waals surface area contributed by atoms with E-state index in [-0.39, 0.29) is 12.0 Å². The zero-order valence-electron chi connectivity index (χ0n) is 10.5. The van der Waals surface area contributed by atoms with E-state index in [0.29, 0.717) is 24.9 Å². The number of hydrogen-bond acceptors (Lipinski definition) is 5. The molecule has 0 saturated carbocycles. The Morgan fingerprint density at radius 2 is 2.21 bits per heavy atom. The Kier molecular flexibility index (Phi) is 3.38. The third-order valence-electron chi connectivity index (χ3n) is 3.25. The van der Waals surface area contributed by atoms with Gasteiger partial charge in [0.05, 0.1) is 19.1 Å². The Hall–Kier alpha value is -1.24. The van der Waals surface area contributed by atoms with E-state index in [2.05, 4.69) is 26.1 Å². The summed E-state index contributed by atoms with van der Waals surface area (Å²) in [5.41, 5.74) is 8.03. The molecule has 1 aliphatic rings. The molecular weight excluding hydrogens is 310 g/mol. The molecular formula is C13H14BrN3O2. The smallest absolute Gasteiger partial charge is 0.234 e. The monoisotopic (exact) mass is 323 g/mol. The van der Waals surface area contributed by atoms with E-state index < -0.39 is 0 Å². The van der Waals surface area contributed by atoms with E-state index >= 15 is 0 Å². The minimum atomic E-state index is -0.0743. The lowest BCUT2D eigenvalue weighted by atomic mass is 10.1. The molecule has 0 radical (unpaired) electrons. The highest BCUT2D eigenvalue weighted by atomic mass is 79.9. The van der Waals surface area contributed by atoms with E-state index in [9.17, 15) is 0 Å². The fraction of sp³-hybridized carbons (Fsp3) is 0.385. The molecule has 2 unspecified atom stereocenters. The fourth-order valence-electron chi connectivity index (χ4n) is 2.12. The van der Waals surface area contributed by atoms with Crippen LogP contribution in [0.4, 0.5) is 0 Å². The maximum Gasteiger partial charge on any atom is 0.234 e. The van der Waals surface area contributed by atoms with Crippen molar-refractivity contribution in [1.82, 2.24) is 10.1 Å². The molecule has 100 valence electrons. The van der Waals surface area contributed by atoms with Crippen molar-refractivity contribution in [2.45, 2.75) is 18.9 Å². The van der Waals surface area contributed by atoms with E-state index in [0.717, 1.165) is 10.0 Å². The molecule has 2 aromatic rings. The molecule has 2 N–H and O–H groups in total. The first-order valence-corrected chi connectivity index (χ1v) is 6.88. The van der Waals surface area contributed by atoms with E-state index in [1.165, 1.54) is 5.56 Å². The molecule has 0 aliphatic carbocycles. The Labute approximate surface area is 119 Å². The summed E-state index contributed by atoms with van der Waals surface area (Å²) < 4.78 is 11.6. The minimum absolute atomic E-state index is 0.00882. The summed E-state index contributed by atoms with van der Waals surface area (Å²) in [6.07, 6.45) is 0. The quantitative estimate of drug-likeness (QED) is 0.917. The van der Waals surface area contributed by atoms with Crippen molar-refractivity contribution in [3.8, 4) is 11.4 Å². The number of ether oxygens (including phenoxy) is 1. The van der Waals surface area contributed by atoms with Crippen molar-refractivity contribution in [2.24, 2.45) is 5.73 Å². The number of nitrogens with zero attached hydrogens (tertiary/aromatic N) is 2. The summed E-state index contributed by atoms with van der Waals surface area (Å²) in [5, 5.41) is 4.03. The van der Waals surface area contributed by atoms with Gasteiger partial charge in [-0.05, 0) is 24.6 Å². The van der Waals surface area contributed by atoms with Gasteiger partial charge in [-0.25, -0.2) is 0 Å². The first kappa shape index (κ1) is 12.8. The maximum absolute atomic E-state index is 5.95. The van der Waals surface area contributed by atoms with Crippen molar-refractivity contribution >= 4 is 15.9 Å². The predicted octanol–water partition coefficient (Wildman–Crippen LogP) is 2.25. The summed E-state index contributed by atoms with van der Waals surface area (Å²) >= 11 is 3.52. The number of aryl methyl sites for hydroxylation is 1. The number of benzene rings is 1. The first-order valence-electron chi connectivity index (χ1n) is 6.08. The molecule has 0 spiro atoms. The number of rotatable bonds is 2. The lowest BCUT2D eigenvalue weighted by Crippen LogP contribution is -2.26. The summed E-state index contributed by atoms with van der Waals surface area (Å²) in [6.45, 7) is 3.11. The standard InChI is InChI=1S/C13H14BrN3O2/c1-7-2-3-8(10(14)4-7)12-16-13(19-17-12)9-5-18-6-11(9)15/h2-4,9,11H,5-6,15H2,1H3. The molecule has 19 heavy (non-hydrogen) atoms. The maximum atomic E-state index is 5.95. The van der Waals surface area contributed by atoms with Gasteiger partial charge in [0.2, 0.25) is 11.7 Å². The van der Waals surface area contributed by atoms with Gasteiger partial charge >= 0.3 is 0 Å². The normalized spacial score (nSPS) is 22.9. The highest BCUT2D eigenvalue weighted by Crippen LogP contribution is 2.29. The summed E-state index contributed by atoms with van der Waals surface area (Å²) in [4.78, 5) is 4.44. The molecule has 1 aliphatic heterocycles. The largest absolute Gasteiger partial charge is 0.379 e. The lowest BCUT2D eigenvalue weighted by molar-refractivity contribution is 0.187. The highest BCUT2D eigenvalue weighted by Gasteiger charge is 2.31. The van der Waals surface area contributed by atoms with Gasteiger partial charge in [0.1, 0.15) is 0 Å². The number of nitrogens with two attached hydrogens (primary N) is 1. The molecule has 1 fully saturated rings. The van der Waals surface area contributed by atoms with Crippen molar-refractivity contribution < 1.29 is 9.26 Å². The van der Waals surface area contributed by atoms with Gasteiger partial charge in [0, 0.05) is 16.1 Å². The molecule has 0 amide bonds. The zero-order valence-corrected chi connectivity index (χ0v) is 12.1. The van der Waals surface area contributed by atoms with Crippen LogP contribution in [0.2, 0.25) is 0 Å². The Morgan fingerprint density at radius 3 is 2.89 bits per heavy atom. The second kappa shape index (κ2) is 5.03. The van der Waals surface area contributed by atoms with Crippen LogP contribution in [0, 0.1) is 6.92 Å². The number of halogens is 1. The van der Waals surface area contributed by atoms with Crippen LogP contribution in [0.3, 0.4) is 0 Å². The van der Waals surface area contributed by atoms with Crippen molar-refractivity contribution in [3.05, 3.63) is 34.1 Å². The van der Waals surface area contributed by atoms with Gasteiger partial charge in [-0.1, -0.05) is 27.2 Å². The van der Waals surface area contributed by atoms with Crippen molar-refractivity contribution in [1.29, 1.82) is 0 Å². The second-order valence-electron chi connectivity index (χ2n) is 4.75. The van der Waals surface area contributed by atoms with Crippen LogP contribution in [0.5, 0.6) is 0 Å². The zero-order chi connectivity index (χ0) is 13.4. The molecule has 2 atom stereocenters. The van der Waals surface area contributed by atoms with Gasteiger partial charge in [-0.2, -0.15) is 4.98 Å². The van der Waals surface area contributed by atoms with Gasteiger partial charge in [-0.15, -0.1) is 0 Å². The van der Waals surface area contributed by atoms with Crippen LogP contribution in [0.25, 0.3) is 11.4 Å².